The fourth-order valence-corrected chi connectivity index (χ4v) is 3.39. The van der Waals surface area contributed by atoms with Gasteiger partial charge in [-0.25, -0.2) is 0 Å². The van der Waals surface area contributed by atoms with Gasteiger partial charge in [0.15, 0.2) is 11.5 Å². The van der Waals surface area contributed by atoms with Crippen LogP contribution in [0.15, 0.2) is 71.1 Å². The van der Waals surface area contributed by atoms with Crippen LogP contribution in [0.3, 0.4) is 0 Å². The number of carbonyl (C=O) groups excluding carboxylic acids is 1. The largest absolute Gasteiger partial charge is 0.497 e. The first-order valence-corrected chi connectivity index (χ1v) is 9.60. The van der Waals surface area contributed by atoms with Gasteiger partial charge in [0.2, 0.25) is 5.76 Å². The highest BCUT2D eigenvalue weighted by atomic mass is 19.3. The summed E-state index contributed by atoms with van der Waals surface area (Å²) >= 11 is 0. The number of halogens is 2. The van der Waals surface area contributed by atoms with Crippen molar-refractivity contribution in [1.82, 2.24) is 0 Å². The predicted octanol–water partition coefficient (Wildman–Crippen LogP) is 5.97. The summed E-state index contributed by atoms with van der Waals surface area (Å²) in [4.78, 5) is 13.2. The van der Waals surface area contributed by atoms with E-state index in [1.165, 1.54) is 25.3 Å². The van der Waals surface area contributed by atoms with Gasteiger partial charge < -0.3 is 23.9 Å². The van der Waals surface area contributed by atoms with Crippen molar-refractivity contribution in [2.45, 2.75) is 6.61 Å². The smallest absolute Gasteiger partial charge is 0.387 e. The Bertz CT molecular complexity index is 1250. The summed E-state index contributed by atoms with van der Waals surface area (Å²) in [5, 5.41) is 3.41. The van der Waals surface area contributed by atoms with Gasteiger partial charge in [-0.3, -0.25) is 4.79 Å². The van der Waals surface area contributed by atoms with E-state index in [0.29, 0.717) is 16.9 Å². The Morgan fingerprint density at radius 3 is 2.41 bits per heavy atom. The van der Waals surface area contributed by atoms with Crippen molar-refractivity contribution in [3.8, 4) is 28.4 Å². The Morgan fingerprint density at radius 1 is 0.938 bits per heavy atom. The zero-order valence-corrected chi connectivity index (χ0v) is 17.2. The van der Waals surface area contributed by atoms with E-state index in [2.05, 4.69) is 10.1 Å². The normalized spacial score (nSPS) is 10.9. The van der Waals surface area contributed by atoms with E-state index in [9.17, 15) is 13.6 Å². The summed E-state index contributed by atoms with van der Waals surface area (Å²) in [5.74, 6) is 0.0302. The van der Waals surface area contributed by atoms with Crippen LogP contribution in [-0.2, 0) is 0 Å². The molecule has 0 unspecified atom stereocenters. The Kier molecular flexibility index (Phi) is 5.93. The number of anilines is 1. The number of furan rings is 1. The molecule has 0 fully saturated rings. The molecule has 1 N–H and O–H groups in total. The van der Waals surface area contributed by atoms with Crippen LogP contribution in [0.25, 0.3) is 22.1 Å². The number of nitrogens with one attached hydrogen (secondary N) is 1. The van der Waals surface area contributed by atoms with Gasteiger partial charge >= 0.3 is 6.61 Å². The van der Waals surface area contributed by atoms with E-state index in [1.807, 2.05) is 36.4 Å². The lowest BCUT2D eigenvalue weighted by atomic mass is 10.0. The molecule has 0 spiro atoms. The first-order chi connectivity index (χ1) is 15.5. The molecule has 0 aliphatic rings. The third kappa shape index (κ3) is 4.20. The van der Waals surface area contributed by atoms with Gasteiger partial charge in [-0.2, -0.15) is 8.78 Å². The first kappa shape index (κ1) is 21.2. The van der Waals surface area contributed by atoms with Crippen molar-refractivity contribution in [1.29, 1.82) is 0 Å². The average molecular weight is 439 g/mol. The molecule has 32 heavy (non-hydrogen) atoms. The summed E-state index contributed by atoms with van der Waals surface area (Å²) in [6, 6.07) is 18.8. The van der Waals surface area contributed by atoms with Crippen molar-refractivity contribution in [3.63, 3.8) is 0 Å². The Hall–Kier alpha value is -4.07. The molecule has 1 aromatic heterocycles. The Balaban J connectivity index is 1.75. The maximum absolute atomic E-state index is 13.2. The molecule has 1 heterocycles. The SMILES string of the molecule is COc1ccc2c(-c3ccccc3)c(C(=O)Nc3ccc(OC)c(OC(F)F)c3)oc2c1. The van der Waals surface area contributed by atoms with Crippen molar-refractivity contribution >= 4 is 22.6 Å². The standard InChI is InChI=1S/C24H19F2NO5/c1-29-16-9-10-17-19(13-16)31-22(21(17)14-6-4-3-5-7-14)23(28)27-15-8-11-18(30-2)20(12-15)32-24(25)26/h3-13,24H,1-2H3,(H,27,28). The van der Waals surface area contributed by atoms with Crippen LogP contribution < -0.4 is 19.5 Å². The average Bonchev–Trinajstić information content (AvgIpc) is 3.18. The molecular weight excluding hydrogens is 420 g/mol. The summed E-state index contributed by atoms with van der Waals surface area (Å²) in [6.45, 7) is -3.04. The molecular formula is C24H19F2NO5. The second-order valence-electron chi connectivity index (χ2n) is 6.73. The van der Waals surface area contributed by atoms with Crippen LogP contribution in [0, 0.1) is 0 Å². The summed E-state index contributed by atoms with van der Waals surface area (Å²) in [7, 11) is 2.87. The fourth-order valence-electron chi connectivity index (χ4n) is 3.39. The molecule has 0 aliphatic carbocycles. The molecule has 6 nitrogen and oxygen atoms in total. The molecule has 8 heteroatoms. The molecule has 4 rings (SSSR count). The molecule has 3 aromatic carbocycles. The van der Waals surface area contributed by atoms with E-state index >= 15 is 0 Å². The van der Waals surface area contributed by atoms with E-state index < -0.39 is 12.5 Å². The van der Waals surface area contributed by atoms with Crippen molar-refractivity contribution in [2.24, 2.45) is 0 Å². The molecule has 0 radical (unpaired) electrons. The van der Waals surface area contributed by atoms with Crippen LogP contribution in [0.4, 0.5) is 14.5 Å². The van der Waals surface area contributed by atoms with Gasteiger partial charge in [0.1, 0.15) is 11.3 Å². The third-order valence-corrected chi connectivity index (χ3v) is 4.80. The minimum absolute atomic E-state index is 0.0756. The van der Waals surface area contributed by atoms with Crippen LogP contribution in [0.1, 0.15) is 10.6 Å². The van der Waals surface area contributed by atoms with Crippen LogP contribution >= 0.6 is 0 Å². The first-order valence-electron chi connectivity index (χ1n) is 9.60. The number of ether oxygens (including phenoxy) is 3. The monoisotopic (exact) mass is 439 g/mol. The number of benzene rings is 3. The third-order valence-electron chi connectivity index (χ3n) is 4.80. The maximum Gasteiger partial charge on any atom is 0.387 e. The highest BCUT2D eigenvalue weighted by Gasteiger charge is 2.23. The zero-order chi connectivity index (χ0) is 22.7. The number of alkyl halides is 2. The molecule has 164 valence electrons. The van der Waals surface area contributed by atoms with Crippen LogP contribution in [0.5, 0.6) is 17.2 Å². The second-order valence-corrected chi connectivity index (χ2v) is 6.73. The summed E-state index contributed by atoms with van der Waals surface area (Å²) in [6.07, 6.45) is 0. The van der Waals surface area contributed by atoms with Crippen molar-refractivity contribution in [3.05, 3.63) is 72.5 Å². The van der Waals surface area contributed by atoms with E-state index in [4.69, 9.17) is 13.9 Å². The van der Waals surface area contributed by atoms with Crippen molar-refractivity contribution < 1.29 is 32.2 Å². The highest BCUT2D eigenvalue weighted by Crippen LogP contribution is 2.37. The molecule has 0 bridgehead atoms. The number of hydrogen-bond acceptors (Lipinski definition) is 5. The molecule has 1 amide bonds. The maximum atomic E-state index is 13.2. The second kappa shape index (κ2) is 8.97. The minimum Gasteiger partial charge on any atom is -0.497 e. The van der Waals surface area contributed by atoms with E-state index in [1.54, 1.807) is 19.2 Å². The molecule has 0 aliphatic heterocycles. The fraction of sp³-hybridized carbons (Fsp3) is 0.125. The number of amides is 1. The van der Waals surface area contributed by atoms with Crippen LogP contribution in [-0.4, -0.2) is 26.7 Å². The predicted molar refractivity (Wildman–Crippen MR) is 116 cm³/mol. The van der Waals surface area contributed by atoms with E-state index in [-0.39, 0.29) is 22.9 Å². The number of fused-ring (bicyclic) bond motifs is 1. The van der Waals surface area contributed by atoms with Crippen LogP contribution in [0.2, 0.25) is 0 Å². The molecule has 0 atom stereocenters. The lowest BCUT2D eigenvalue weighted by Crippen LogP contribution is -2.12. The Morgan fingerprint density at radius 2 is 1.72 bits per heavy atom. The van der Waals surface area contributed by atoms with Gasteiger partial charge in [-0.15, -0.1) is 0 Å². The van der Waals surface area contributed by atoms with E-state index in [0.717, 1.165) is 10.9 Å². The number of hydrogen-bond donors (Lipinski definition) is 1. The summed E-state index contributed by atoms with van der Waals surface area (Å²) < 4.78 is 46.1. The zero-order valence-electron chi connectivity index (χ0n) is 17.2. The number of carbonyl (C=O) groups is 1. The van der Waals surface area contributed by atoms with Gasteiger partial charge in [0.25, 0.3) is 5.91 Å². The van der Waals surface area contributed by atoms with Gasteiger partial charge in [0.05, 0.1) is 14.2 Å². The summed E-state index contributed by atoms with van der Waals surface area (Å²) in [5.41, 5.74) is 2.12. The highest BCUT2D eigenvalue weighted by molar-refractivity contribution is 6.12. The quantitative estimate of drug-likeness (QED) is 0.384. The lowest BCUT2D eigenvalue weighted by Gasteiger charge is -2.12. The number of methoxy groups -OCH3 is 2. The topological polar surface area (TPSA) is 69.9 Å². The van der Waals surface area contributed by atoms with Gasteiger partial charge in [0, 0.05) is 28.8 Å². The lowest BCUT2D eigenvalue weighted by molar-refractivity contribution is -0.0511. The Labute approximate surface area is 182 Å². The van der Waals surface area contributed by atoms with Gasteiger partial charge in [-0.1, -0.05) is 30.3 Å². The van der Waals surface area contributed by atoms with Gasteiger partial charge in [-0.05, 0) is 29.8 Å². The van der Waals surface area contributed by atoms with Crippen molar-refractivity contribution in [2.75, 3.05) is 19.5 Å². The number of rotatable bonds is 7. The minimum atomic E-state index is -3.04. The molecule has 4 aromatic rings. The molecule has 0 saturated carbocycles. The molecule has 0 saturated heterocycles.